The molecule has 1 aromatic heterocycles. The summed E-state index contributed by atoms with van der Waals surface area (Å²) in [5.74, 6) is 0. The fraction of sp³-hybridized carbons (Fsp3) is 0.0455. The van der Waals surface area contributed by atoms with Crippen molar-refractivity contribution in [1.29, 1.82) is 0 Å². The van der Waals surface area contributed by atoms with Crippen molar-refractivity contribution in [3.05, 3.63) is 101 Å². The van der Waals surface area contributed by atoms with Gasteiger partial charge in [0, 0.05) is 34.0 Å². The fourth-order valence-corrected chi connectivity index (χ4v) is 3.12. The van der Waals surface area contributed by atoms with Gasteiger partial charge in [-0.1, -0.05) is 64.5 Å². The number of nitrogens with one attached hydrogen (secondary N) is 1. The molecule has 0 aliphatic carbocycles. The summed E-state index contributed by atoms with van der Waals surface area (Å²) in [7, 11) is 0. The third-order valence-corrected chi connectivity index (χ3v) is 4.71. The highest BCUT2D eigenvalue weighted by molar-refractivity contribution is 9.10. The zero-order chi connectivity index (χ0) is 17.8. The lowest BCUT2D eigenvalue weighted by molar-refractivity contribution is 0.883. The van der Waals surface area contributed by atoms with E-state index in [1.165, 1.54) is 0 Å². The minimum Gasteiger partial charge on any atom is -0.381 e. The van der Waals surface area contributed by atoms with Gasteiger partial charge in [0.1, 0.15) is 0 Å². The van der Waals surface area contributed by atoms with Gasteiger partial charge in [-0.3, -0.25) is 0 Å². The molecule has 0 atom stereocenters. The average Bonchev–Trinajstić information content (AvgIpc) is 3.13. The number of aromatic nitrogens is 2. The zero-order valence-electron chi connectivity index (χ0n) is 14.1. The Morgan fingerprint density at radius 2 is 1.46 bits per heavy atom. The predicted octanol–water partition coefficient (Wildman–Crippen LogP) is 5.91. The van der Waals surface area contributed by atoms with Gasteiger partial charge in [-0.25, -0.2) is 4.68 Å². The van der Waals surface area contributed by atoms with Crippen LogP contribution in [0, 0.1) is 0 Å². The Labute approximate surface area is 161 Å². The van der Waals surface area contributed by atoms with Crippen LogP contribution < -0.4 is 5.32 Å². The summed E-state index contributed by atoms with van der Waals surface area (Å²) < 4.78 is 3.01. The quantitative estimate of drug-likeness (QED) is 0.448. The molecule has 0 radical (unpaired) electrons. The Morgan fingerprint density at radius 3 is 2.15 bits per heavy atom. The second-order valence-corrected chi connectivity index (χ2v) is 6.93. The number of benzene rings is 3. The molecular formula is C22H18BrN3. The van der Waals surface area contributed by atoms with Gasteiger partial charge in [0.15, 0.2) is 0 Å². The SMILES string of the molecule is Brc1ccc(-c2nn(-c3ccccc3)cc2CNc2ccccc2)cc1. The van der Waals surface area contributed by atoms with Gasteiger partial charge in [-0.05, 0) is 36.4 Å². The second kappa shape index (κ2) is 7.58. The molecule has 0 amide bonds. The molecule has 3 nitrogen and oxygen atoms in total. The van der Waals surface area contributed by atoms with Gasteiger partial charge < -0.3 is 5.32 Å². The van der Waals surface area contributed by atoms with Crippen LogP contribution >= 0.6 is 15.9 Å². The van der Waals surface area contributed by atoms with Crippen LogP contribution in [0.4, 0.5) is 5.69 Å². The number of para-hydroxylation sites is 2. The fourth-order valence-electron chi connectivity index (χ4n) is 2.86. The van der Waals surface area contributed by atoms with Crippen molar-refractivity contribution in [2.75, 3.05) is 5.32 Å². The molecule has 4 rings (SSSR count). The van der Waals surface area contributed by atoms with E-state index in [1.807, 2.05) is 53.2 Å². The number of hydrogen-bond donors (Lipinski definition) is 1. The molecule has 0 bridgehead atoms. The first kappa shape index (κ1) is 16.6. The maximum absolute atomic E-state index is 4.85. The molecule has 0 saturated carbocycles. The summed E-state index contributed by atoms with van der Waals surface area (Å²) in [5.41, 5.74) is 5.40. The van der Waals surface area contributed by atoms with E-state index in [2.05, 4.69) is 63.8 Å². The molecule has 1 N–H and O–H groups in total. The van der Waals surface area contributed by atoms with Crippen LogP contribution in [0.1, 0.15) is 5.56 Å². The lowest BCUT2D eigenvalue weighted by Crippen LogP contribution is -1.99. The lowest BCUT2D eigenvalue weighted by Gasteiger charge is -2.06. The number of rotatable bonds is 5. The Kier molecular flexibility index (Phi) is 4.84. The van der Waals surface area contributed by atoms with Crippen LogP contribution in [-0.2, 0) is 6.54 Å². The zero-order valence-corrected chi connectivity index (χ0v) is 15.7. The molecule has 0 aliphatic heterocycles. The first-order valence-corrected chi connectivity index (χ1v) is 9.28. The summed E-state index contributed by atoms with van der Waals surface area (Å²) in [6, 6.07) is 28.7. The molecule has 0 unspecified atom stereocenters. The van der Waals surface area contributed by atoms with E-state index in [0.717, 1.165) is 32.7 Å². The van der Waals surface area contributed by atoms with E-state index < -0.39 is 0 Å². The Hall–Kier alpha value is -2.85. The molecule has 3 aromatic carbocycles. The maximum Gasteiger partial charge on any atom is 0.0977 e. The first-order valence-electron chi connectivity index (χ1n) is 8.48. The first-order chi connectivity index (χ1) is 12.8. The van der Waals surface area contributed by atoms with Gasteiger partial charge in [-0.15, -0.1) is 0 Å². The topological polar surface area (TPSA) is 29.9 Å². The van der Waals surface area contributed by atoms with Crippen molar-refractivity contribution < 1.29 is 0 Å². The van der Waals surface area contributed by atoms with E-state index >= 15 is 0 Å². The summed E-state index contributed by atoms with van der Waals surface area (Å²) in [4.78, 5) is 0. The van der Waals surface area contributed by atoms with Crippen LogP contribution in [0.15, 0.2) is 95.6 Å². The minimum atomic E-state index is 0.711. The predicted molar refractivity (Wildman–Crippen MR) is 110 cm³/mol. The third-order valence-electron chi connectivity index (χ3n) is 4.19. The van der Waals surface area contributed by atoms with Crippen LogP contribution in [0.25, 0.3) is 16.9 Å². The number of nitrogens with zero attached hydrogens (tertiary/aromatic N) is 2. The number of halogens is 1. The van der Waals surface area contributed by atoms with Crippen molar-refractivity contribution in [3.8, 4) is 16.9 Å². The number of hydrogen-bond acceptors (Lipinski definition) is 2. The molecule has 0 spiro atoms. The molecule has 0 aliphatic rings. The Bertz CT molecular complexity index is 977. The normalized spacial score (nSPS) is 10.7. The van der Waals surface area contributed by atoms with Crippen molar-refractivity contribution in [3.63, 3.8) is 0 Å². The summed E-state index contributed by atoms with van der Waals surface area (Å²) >= 11 is 3.50. The van der Waals surface area contributed by atoms with Gasteiger partial charge >= 0.3 is 0 Å². The van der Waals surface area contributed by atoms with Gasteiger partial charge in [0.25, 0.3) is 0 Å². The van der Waals surface area contributed by atoms with Gasteiger partial charge in [-0.2, -0.15) is 5.10 Å². The van der Waals surface area contributed by atoms with Crippen LogP contribution in [0.2, 0.25) is 0 Å². The number of anilines is 1. The molecule has 4 aromatic rings. The van der Waals surface area contributed by atoms with Crippen LogP contribution in [-0.4, -0.2) is 9.78 Å². The summed E-state index contributed by atoms with van der Waals surface area (Å²) in [6.07, 6.45) is 2.10. The average molecular weight is 404 g/mol. The lowest BCUT2D eigenvalue weighted by atomic mass is 10.1. The van der Waals surface area contributed by atoms with E-state index in [9.17, 15) is 0 Å². The van der Waals surface area contributed by atoms with Gasteiger partial charge in [0.05, 0.1) is 11.4 Å². The molecule has 4 heteroatoms. The molecule has 0 fully saturated rings. The monoisotopic (exact) mass is 403 g/mol. The third kappa shape index (κ3) is 3.70. The Balaban J connectivity index is 1.70. The van der Waals surface area contributed by atoms with Crippen molar-refractivity contribution >= 4 is 21.6 Å². The second-order valence-electron chi connectivity index (χ2n) is 6.01. The standard InChI is InChI=1S/C22H18BrN3/c23-19-13-11-17(12-14-19)22-18(15-24-20-7-3-1-4-8-20)16-26(25-22)21-9-5-2-6-10-21/h1-14,16,24H,15H2. The molecule has 26 heavy (non-hydrogen) atoms. The smallest absolute Gasteiger partial charge is 0.0977 e. The summed E-state index contributed by atoms with van der Waals surface area (Å²) in [6.45, 7) is 0.711. The van der Waals surface area contributed by atoms with E-state index in [-0.39, 0.29) is 0 Å². The van der Waals surface area contributed by atoms with Crippen LogP contribution in [0.3, 0.4) is 0 Å². The highest BCUT2D eigenvalue weighted by Gasteiger charge is 2.12. The molecule has 128 valence electrons. The highest BCUT2D eigenvalue weighted by Crippen LogP contribution is 2.26. The minimum absolute atomic E-state index is 0.711. The van der Waals surface area contributed by atoms with E-state index in [0.29, 0.717) is 6.54 Å². The summed E-state index contributed by atoms with van der Waals surface area (Å²) in [5, 5.41) is 8.34. The largest absolute Gasteiger partial charge is 0.381 e. The van der Waals surface area contributed by atoms with E-state index in [4.69, 9.17) is 5.10 Å². The maximum atomic E-state index is 4.85. The van der Waals surface area contributed by atoms with Crippen molar-refractivity contribution in [1.82, 2.24) is 9.78 Å². The van der Waals surface area contributed by atoms with E-state index in [1.54, 1.807) is 0 Å². The molecule has 1 heterocycles. The van der Waals surface area contributed by atoms with Crippen LogP contribution in [0.5, 0.6) is 0 Å². The molecular weight excluding hydrogens is 386 g/mol. The highest BCUT2D eigenvalue weighted by atomic mass is 79.9. The van der Waals surface area contributed by atoms with Crippen molar-refractivity contribution in [2.24, 2.45) is 0 Å². The molecule has 0 saturated heterocycles. The van der Waals surface area contributed by atoms with Crippen molar-refractivity contribution in [2.45, 2.75) is 6.54 Å². The van der Waals surface area contributed by atoms with Gasteiger partial charge in [0.2, 0.25) is 0 Å². The Morgan fingerprint density at radius 1 is 0.808 bits per heavy atom.